The van der Waals surface area contributed by atoms with Gasteiger partial charge in [-0.3, -0.25) is 4.79 Å². The second-order valence-electron chi connectivity index (χ2n) is 5.36. The lowest BCUT2D eigenvalue weighted by atomic mass is 10.2. The smallest absolute Gasteiger partial charge is 0.253 e. The monoisotopic (exact) mass is 357 g/mol. The van der Waals surface area contributed by atoms with Gasteiger partial charge in [-0.05, 0) is 43.3 Å². The Labute approximate surface area is 149 Å². The van der Waals surface area contributed by atoms with Gasteiger partial charge in [-0.2, -0.15) is 4.98 Å². The second kappa shape index (κ2) is 7.36. The largest absolute Gasteiger partial charge is 0.497 e. The summed E-state index contributed by atoms with van der Waals surface area (Å²) in [6, 6.07) is 13.7. The number of ether oxygens (including phenoxy) is 1. The number of halogens is 1. The van der Waals surface area contributed by atoms with E-state index in [2.05, 4.69) is 15.5 Å². The highest BCUT2D eigenvalue weighted by molar-refractivity contribution is 6.33. The minimum Gasteiger partial charge on any atom is -0.497 e. The molecule has 7 heteroatoms. The summed E-state index contributed by atoms with van der Waals surface area (Å²) in [4.78, 5) is 16.6. The van der Waals surface area contributed by atoms with Gasteiger partial charge in [0.2, 0.25) is 11.7 Å². The Morgan fingerprint density at radius 3 is 2.60 bits per heavy atom. The lowest BCUT2D eigenvalue weighted by molar-refractivity contribution is 0.0932. The van der Waals surface area contributed by atoms with Gasteiger partial charge in [0, 0.05) is 5.56 Å². The molecule has 0 radical (unpaired) electrons. The summed E-state index contributed by atoms with van der Waals surface area (Å²) in [5, 5.41) is 7.14. The molecule has 1 amide bonds. The number of nitrogens with zero attached hydrogens (tertiary/aromatic N) is 2. The molecule has 0 aliphatic rings. The highest BCUT2D eigenvalue weighted by atomic mass is 35.5. The maximum Gasteiger partial charge on any atom is 0.253 e. The maximum absolute atomic E-state index is 12.3. The lowest BCUT2D eigenvalue weighted by Gasteiger charge is -2.10. The van der Waals surface area contributed by atoms with E-state index in [4.69, 9.17) is 20.9 Å². The van der Waals surface area contributed by atoms with E-state index in [1.54, 1.807) is 38.3 Å². The fraction of sp³-hybridized carbons (Fsp3) is 0.167. The van der Waals surface area contributed by atoms with Crippen LogP contribution in [0.5, 0.6) is 5.75 Å². The number of rotatable bonds is 5. The Hall–Kier alpha value is -2.86. The van der Waals surface area contributed by atoms with Gasteiger partial charge in [-0.25, -0.2) is 0 Å². The van der Waals surface area contributed by atoms with Crippen LogP contribution in [-0.4, -0.2) is 23.2 Å². The fourth-order valence-corrected chi connectivity index (χ4v) is 2.47. The van der Waals surface area contributed by atoms with E-state index < -0.39 is 6.04 Å². The third-order valence-electron chi connectivity index (χ3n) is 3.63. The van der Waals surface area contributed by atoms with Crippen LogP contribution in [0.15, 0.2) is 53.1 Å². The average Bonchev–Trinajstić information content (AvgIpc) is 3.12. The molecule has 0 aliphatic carbocycles. The zero-order valence-corrected chi connectivity index (χ0v) is 14.4. The quantitative estimate of drug-likeness (QED) is 0.749. The molecule has 1 N–H and O–H groups in total. The first-order valence-electron chi connectivity index (χ1n) is 7.62. The zero-order chi connectivity index (χ0) is 17.8. The number of carbonyl (C=O) groups is 1. The van der Waals surface area contributed by atoms with Gasteiger partial charge in [0.05, 0.1) is 17.7 Å². The Bertz CT molecular complexity index is 877. The van der Waals surface area contributed by atoms with Crippen LogP contribution in [0.2, 0.25) is 5.02 Å². The number of carbonyl (C=O) groups excluding carboxylic acids is 1. The van der Waals surface area contributed by atoms with Crippen molar-refractivity contribution in [1.29, 1.82) is 0 Å². The molecule has 1 atom stereocenters. The predicted molar refractivity (Wildman–Crippen MR) is 93.6 cm³/mol. The molecule has 6 nitrogen and oxygen atoms in total. The topological polar surface area (TPSA) is 77.3 Å². The van der Waals surface area contributed by atoms with E-state index in [1.807, 2.05) is 24.3 Å². The van der Waals surface area contributed by atoms with Crippen molar-refractivity contribution in [3.63, 3.8) is 0 Å². The number of benzene rings is 2. The molecule has 128 valence electrons. The van der Waals surface area contributed by atoms with Crippen LogP contribution in [0.4, 0.5) is 0 Å². The average molecular weight is 358 g/mol. The van der Waals surface area contributed by atoms with E-state index in [1.165, 1.54) is 0 Å². The molecule has 0 bridgehead atoms. The van der Waals surface area contributed by atoms with Gasteiger partial charge < -0.3 is 14.6 Å². The van der Waals surface area contributed by atoms with Gasteiger partial charge >= 0.3 is 0 Å². The van der Waals surface area contributed by atoms with Crippen LogP contribution in [0, 0.1) is 0 Å². The first kappa shape index (κ1) is 17.0. The molecule has 2 aromatic carbocycles. The minimum atomic E-state index is -0.455. The Kier molecular flexibility index (Phi) is 5.00. The van der Waals surface area contributed by atoms with Crippen molar-refractivity contribution in [3.05, 3.63) is 65.0 Å². The molecular formula is C18H16ClN3O3. The van der Waals surface area contributed by atoms with E-state index >= 15 is 0 Å². The van der Waals surface area contributed by atoms with Gasteiger partial charge in [-0.1, -0.05) is 28.9 Å². The first-order chi connectivity index (χ1) is 12.1. The maximum atomic E-state index is 12.3. The van der Waals surface area contributed by atoms with Crippen LogP contribution in [-0.2, 0) is 0 Å². The fourth-order valence-electron chi connectivity index (χ4n) is 2.25. The molecule has 0 saturated heterocycles. The molecule has 1 heterocycles. The number of amides is 1. The van der Waals surface area contributed by atoms with E-state index in [9.17, 15) is 4.79 Å². The molecule has 0 saturated carbocycles. The Morgan fingerprint density at radius 1 is 1.20 bits per heavy atom. The standard InChI is InChI=1S/C18H16ClN3O3/c1-11(20-17(23)14-5-3-4-6-15(14)19)18-21-16(22-25-18)12-7-9-13(24-2)10-8-12/h3-11H,1-2H3,(H,20,23)/t11-/m0/s1. The number of hydrogen-bond donors (Lipinski definition) is 1. The van der Waals surface area contributed by atoms with Crippen LogP contribution in [0.3, 0.4) is 0 Å². The van der Waals surface area contributed by atoms with E-state index in [-0.39, 0.29) is 5.91 Å². The molecule has 0 unspecified atom stereocenters. The highest BCUT2D eigenvalue weighted by Gasteiger charge is 2.19. The van der Waals surface area contributed by atoms with Crippen molar-refractivity contribution >= 4 is 17.5 Å². The minimum absolute atomic E-state index is 0.303. The molecular weight excluding hydrogens is 342 g/mol. The van der Waals surface area contributed by atoms with Crippen LogP contribution in [0.25, 0.3) is 11.4 Å². The molecule has 25 heavy (non-hydrogen) atoms. The van der Waals surface area contributed by atoms with E-state index in [0.717, 1.165) is 11.3 Å². The van der Waals surface area contributed by atoms with Crippen LogP contribution in [0.1, 0.15) is 29.2 Å². The normalized spacial score (nSPS) is 11.8. The van der Waals surface area contributed by atoms with Crippen LogP contribution < -0.4 is 10.1 Å². The van der Waals surface area contributed by atoms with Crippen molar-refractivity contribution in [3.8, 4) is 17.1 Å². The summed E-state index contributed by atoms with van der Waals surface area (Å²) in [6.45, 7) is 1.76. The number of methoxy groups -OCH3 is 1. The van der Waals surface area contributed by atoms with Gasteiger partial charge in [0.25, 0.3) is 5.91 Å². The molecule has 3 rings (SSSR count). The van der Waals surface area contributed by atoms with Crippen molar-refractivity contribution in [2.24, 2.45) is 0 Å². The summed E-state index contributed by atoms with van der Waals surface area (Å²) in [5.74, 6) is 1.19. The van der Waals surface area contributed by atoms with Gasteiger partial charge in [0.15, 0.2) is 0 Å². The molecule has 0 fully saturated rings. The van der Waals surface area contributed by atoms with E-state index in [0.29, 0.717) is 22.3 Å². The van der Waals surface area contributed by atoms with Crippen molar-refractivity contribution in [2.45, 2.75) is 13.0 Å². The number of aromatic nitrogens is 2. The SMILES string of the molecule is COc1ccc(-c2noc([C@H](C)NC(=O)c3ccccc3Cl)n2)cc1. The Balaban J connectivity index is 1.73. The highest BCUT2D eigenvalue weighted by Crippen LogP contribution is 2.22. The van der Waals surface area contributed by atoms with Crippen molar-refractivity contribution in [2.75, 3.05) is 7.11 Å². The molecule has 3 aromatic rings. The molecule has 0 aliphatic heterocycles. The molecule has 0 spiro atoms. The summed E-state index contributed by atoms with van der Waals surface area (Å²) < 4.78 is 10.4. The lowest BCUT2D eigenvalue weighted by Crippen LogP contribution is -2.27. The predicted octanol–water partition coefficient (Wildman–Crippen LogP) is 3.89. The Morgan fingerprint density at radius 2 is 1.92 bits per heavy atom. The summed E-state index contributed by atoms with van der Waals surface area (Å²) in [6.07, 6.45) is 0. The molecule has 1 aromatic heterocycles. The third kappa shape index (κ3) is 3.80. The number of nitrogens with one attached hydrogen (secondary N) is 1. The second-order valence-corrected chi connectivity index (χ2v) is 5.77. The zero-order valence-electron chi connectivity index (χ0n) is 13.7. The van der Waals surface area contributed by atoms with Crippen molar-refractivity contribution in [1.82, 2.24) is 15.5 Å². The number of hydrogen-bond acceptors (Lipinski definition) is 5. The summed E-state index contributed by atoms with van der Waals surface area (Å²) in [7, 11) is 1.60. The van der Waals surface area contributed by atoms with Crippen LogP contribution >= 0.6 is 11.6 Å². The van der Waals surface area contributed by atoms with Crippen molar-refractivity contribution < 1.29 is 14.1 Å². The first-order valence-corrected chi connectivity index (χ1v) is 7.99. The van der Waals surface area contributed by atoms with Gasteiger partial charge in [-0.15, -0.1) is 0 Å². The summed E-state index contributed by atoms with van der Waals surface area (Å²) in [5.41, 5.74) is 1.19. The van der Waals surface area contributed by atoms with Gasteiger partial charge in [0.1, 0.15) is 11.8 Å². The summed E-state index contributed by atoms with van der Waals surface area (Å²) >= 11 is 6.03. The third-order valence-corrected chi connectivity index (χ3v) is 3.96.